The summed E-state index contributed by atoms with van der Waals surface area (Å²) in [7, 11) is 0. The first-order valence-electron chi connectivity index (χ1n) is 13.2. The Morgan fingerprint density at radius 2 is 1.58 bits per heavy atom. The van der Waals surface area contributed by atoms with E-state index in [9.17, 15) is 18.8 Å². The van der Waals surface area contributed by atoms with E-state index in [0.717, 1.165) is 48.1 Å². The van der Waals surface area contributed by atoms with Gasteiger partial charge in [-0.25, -0.2) is 14.0 Å². The molecule has 7 nitrogen and oxygen atoms in total. The van der Waals surface area contributed by atoms with E-state index >= 15 is 0 Å². The summed E-state index contributed by atoms with van der Waals surface area (Å²) in [5, 5.41) is 14.0. The minimum atomic E-state index is -2.16. The highest BCUT2D eigenvalue weighted by Gasteiger charge is 2.33. The Kier molecular flexibility index (Phi) is 9.52. The van der Waals surface area contributed by atoms with Crippen LogP contribution in [0.15, 0.2) is 42.5 Å². The monoisotopic (exact) mass is 525 g/mol. The van der Waals surface area contributed by atoms with Crippen LogP contribution in [0.3, 0.4) is 0 Å². The van der Waals surface area contributed by atoms with Gasteiger partial charge in [-0.2, -0.15) is 0 Å². The van der Waals surface area contributed by atoms with Crippen molar-refractivity contribution in [2.75, 3.05) is 11.9 Å². The second-order valence-electron chi connectivity index (χ2n) is 11.5. The lowest BCUT2D eigenvalue weighted by Crippen LogP contribution is -2.45. The highest BCUT2D eigenvalue weighted by atomic mass is 19.1. The van der Waals surface area contributed by atoms with Crippen LogP contribution >= 0.6 is 0 Å². The maximum Gasteiger partial charge on any atom is 0.340 e. The second-order valence-corrected chi connectivity index (χ2v) is 11.5. The molecule has 1 aliphatic carbocycles. The number of carboxylic acid groups (broad SMARTS) is 1. The van der Waals surface area contributed by atoms with Crippen LogP contribution in [0.25, 0.3) is 0 Å². The molecule has 2 aromatic carbocycles. The molecular formula is C30H40FN3O4. The zero-order valence-corrected chi connectivity index (χ0v) is 23.0. The number of anilines is 1. The van der Waals surface area contributed by atoms with Gasteiger partial charge in [0.05, 0.1) is 6.54 Å². The van der Waals surface area contributed by atoms with E-state index in [1.54, 1.807) is 24.3 Å². The summed E-state index contributed by atoms with van der Waals surface area (Å²) >= 11 is 0. The van der Waals surface area contributed by atoms with Crippen LogP contribution in [0.2, 0.25) is 0 Å². The number of amides is 3. The molecule has 0 spiro atoms. The van der Waals surface area contributed by atoms with E-state index in [2.05, 4.69) is 37.5 Å². The van der Waals surface area contributed by atoms with Crippen molar-refractivity contribution in [2.45, 2.75) is 79.1 Å². The molecule has 1 atom stereocenters. The number of urea groups is 1. The summed E-state index contributed by atoms with van der Waals surface area (Å²) in [6.45, 7) is 10.6. The molecule has 0 aliphatic heterocycles. The van der Waals surface area contributed by atoms with Gasteiger partial charge in [0.25, 0.3) is 5.91 Å². The Labute approximate surface area is 224 Å². The third kappa shape index (κ3) is 8.04. The second kappa shape index (κ2) is 12.4. The Hall–Kier alpha value is -3.42. The zero-order chi connectivity index (χ0) is 28.0. The van der Waals surface area contributed by atoms with Crippen LogP contribution in [0.4, 0.5) is 14.9 Å². The highest BCUT2D eigenvalue weighted by Crippen LogP contribution is 2.39. The average molecular weight is 526 g/mol. The van der Waals surface area contributed by atoms with Crippen molar-refractivity contribution in [3.8, 4) is 0 Å². The summed E-state index contributed by atoms with van der Waals surface area (Å²) in [5.74, 6) is -1.55. The Morgan fingerprint density at radius 3 is 2.11 bits per heavy atom. The standard InChI is InChI=1S/C30H40FN3O4/c1-19-14-20(2)16-24(15-19)33-29(38)34(25-12-10-23(11-13-25)30(3,4)5)18-21-6-8-22(9-7-21)27(35)32-17-26(31)28(36)37/h6-9,14-16,23,25-26H,10-13,17-18H2,1-5H3,(H,32,35)(H,33,38)(H,36,37). The molecule has 38 heavy (non-hydrogen) atoms. The van der Waals surface area contributed by atoms with E-state index < -0.39 is 24.6 Å². The normalized spacial score (nSPS) is 18.4. The number of benzene rings is 2. The van der Waals surface area contributed by atoms with Crippen molar-refractivity contribution < 1.29 is 23.9 Å². The molecule has 1 unspecified atom stereocenters. The van der Waals surface area contributed by atoms with Crippen LogP contribution in [-0.4, -0.2) is 46.7 Å². The van der Waals surface area contributed by atoms with Gasteiger partial charge in [0.2, 0.25) is 6.17 Å². The number of hydrogen-bond donors (Lipinski definition) is 3. The van der Waals surface area contributed by atoms with Gasteiger partial charge in [0.1, 0.15) is 0 Å². The minimum Gasteiger partial charge on any atom is -0.479 e. The number of rotatable bonds is 8. The van der Waals surface area contributed by atoms with Crippen molar-refractivity contribution in [1.82, 2.24) is 10.2 Å². The summed E-state index contributed by atoms with van der Waals surface area (Å²) in [6.07, 6.45) is 1.82. The fourth-order valence-electron chi connectivity index (χ4n) is 5.19. The molecule has 3 rings (SSSR count). The van der Waals surface area contributed by atoms with Gasteiger partial charge in [-0.05, 0) is 91.8 Å². The first kappa shape index (κ1) is 29.1. The third-order valence-corrected chi connectivity index (χ3v) is 7.37. The van der Waals surface area contributed by atoms with E-state index in [4.69, 9.17) is 5.11 Å². The van der Waals surface area contributed by atoms with E-state index in [1.165, 1.54) is 0 Å². The van der Waals surface area contributed by atoms with Gasteiger partial charge >= 0.3 is 12.0 Å². The number of alkyl halides is 1. The number of carbonyl (C=O) groups excluding carboxylic acids is 2. The third-order valence-electron chi connectivity index (χ3n) is 7.37. The van der Waals surface area contributed by atoms with Crippen molar-refractivity contribution in [2.24, 2.45) is 11.3 Å². The largest absolute Gasteiger partial charge is 0.479 e. The van der Waals surface area contributed by atoms with Crippen LogP contribution in [-0.2, 0) is 11.3 Å². The molecule has 2 aromatic rings. The molecule has 0 aromatic heterocycles. The number of carbonyl (C=O) groups is 3. The first-order chi connectivity index (χ1) is 17.8. The van der Waals surface area contributed by atoms with Crippen LogP contribution in [0.5, 0.6) is 0 Å². The number of hydrogen-bond acceptors (Lipinski definition) is 3. The van der Waals surface area contributed by atoms with Crippen molar-refractivity contribution >= 4 is 23.6 Å². The van der Waals surface area contributed by atoms with Gasteiger partial charge in [0, 0.05) is 23.8 Å². The number of nitrogens with one attached hydrogen (secondary N) is 2. The van der Waals surface area contributed by atoms with Gasteiger partial charge in [-0.1, -0.05) is 39.0 Å². The maximum atomic E-state index is 13.6. The molecule has 1 saturated carbocycles. The fourth-order valence-corrected chi connectivity index (χ4v) is 5.19. The Bertz CT molecular complexity index is 1110. The molecule has 0 saturated heterocycles. The molecule has 1 fully saturated rings. The quantitative estimate of drug-likeness (QED) is 0.388. The Morgan fingerprint density at radius 1 is 1.00 bits per heavy atom. The van der Waals surface area contributed by atoms with Gasteiger partial charge in [-0.15, -0.1) is 0 Å². The number of nitrogens with zero attached hydrogens (tertiary/aromatic N) is 1. The van der Waals surface area contributed by atoms with Crippen LogP contribution < -0.4 is 10.6 Å². The molecule has 0 radical (unpaired) electrons. The molecule has 3 N–H and O–H groups in total. The molecule has 1 aliphatic rings. The zero-order valence-electron chi connectivity index (χ0n) is 23.0. The van der Waals surface area contributed by atoms with Crippen molar-refractivity contribution in [3.05, 3.63) is 64.7 Å². The molecule has 3 amide bonds. The summed E-state index contributed by atoms with van der Waals surface area (Å²) in [4.78, 5) is 38.4. The summed E-state index contributed by atoms with van der Waals surface area (Å²) in [5.41, 5.74) is 4.32. The minimum absolute atomic E-state index is 0.0972. The van der Waals surface area contributed by atoms with Gasteiger partial charge in [0.15, 0.2) is 0 Å². The fraction of sp³-hybridized carbons (Fsp3) is 0.500. The average Bonchev–Trinajstić information content (AvgIpc) is 2.84. The van der Waals surface area contributed by atoms with Crippen molar-refractivity contribution in [3.63, 3.8) is 0 Å². The molecule has 8 heteroatoms. The SMILES string of the molecule is Cc1cc(C)cc(NC(=O)N(Cc2ccc(C(=O)NCC(F)C(=O)O)cc2)C2CCC(C(C)(C)C)CC2)c1. The lowest BCUT2D eigenvalue weighted by molar-refractivity contribution is -0.142. The lowest BCUT2D eigenvalue weighted by Gasteiger charge is -2.41. The van der Waals surface area contributed by atoms with Gasteiger partial charge in [-0.3, -0.25) is 4.79 Å². The number of aliphatic carboxylic acids is 1. The first-order valence-corrected chi connectivity index (χ1v) is 13.2. The Balaban J connectivity index is 1.74. The van der Waals surface area contributed by atoms with Gasteiger partial charge < -0.3 is 20.6 Å². The predicted molar refractivity (Wildman–Crippen MR) is 147 cm³/mol. The number of halogens is 1. The summed E-state index contributed by atoms with van der Waals surface area (Å²) in [6, 6.07) is 12.7. The predicted octanol–water partition coefficient (Wildman–Crippen LogP) is 6.09. The topological polar surface area (TPSA) is 98.7 Å². The molecule has 0 bridgehead atoms. The number of aryl methyl sites for hydroxylation is 2. The molecule has 206 valence electrons. The van der Waals surface area contributed by atoms with E-state index in [-0.39, 0.29) is 17.5 Å². The van der Waals surface area contributed by atoms with Crippen molar-refractivity contribution in [1.29, 1.82) is 0 Å². The molecule has 0 heterocycles. The van der Waals surface area contributed by atoms with Crippen LogP contribution in [0.1, 0.15) is 73.5 Å². The summed E-state index contributed by atoms with van der Waals surface area (Å²) < 4.78 is 13.3. The van der Waals surface area contributed by atoms with E-state index in [0.29, 0.717) is 18.0 Å². The number of carboxylic acids is 1. The van der Waals surface area contributed by atoms with Crippen LogP contribution in [0, 0.1) is 25.2 Å². The maximum absolute atomic E-state index is 13.6. The highest BCUT2D eigenvalue weighted by molar-refractivity contribution is 5.94. The van der Waals surface area contributed by atoms with E-state index in [1.807, 2.05) is 30.9 Å². The molecular weight excluding hydrogens is 485 g/mol. The lowest BCUT2D eigenvalue weighted by atomic mass is 9.71. The smallest absolute Gasteiger partial charge is 0.340 e.